The van der Waals surface area contributed by atoms with E-state index in [1.807, 2.05) is 0 Å². The van der Waals surface area contributed by atoms with Gasteiger partial charge >= 0.3 is 5.97 Å². The molecule has 1 aromatic rings. The number of thiocarbonyl (C=S) groups is 1. The molecule has 0 saturated heterocycles. The molecule has 3 N–H and O–H groups in total. The zero-order valence-corrected chi connectivity index (χ0v) is 13.2. The quantitative estimate of drug-likeness (QED) is 0.523. The van der Waals surface area contributed by atoms with Crippen LogP contribution >= 0.6 is 23.8 Å². The van der Waals surface area contributed by atoms with Crippen molar-refractivity contribution >= 4 is 46.7 Å². The molecule has 0 saturated carbocycles. The Kier molecular flexibility index (Phi) is 7.27. The normalized spacial score (nSPS) is 9.55. The zero-order chi connectivity index (χ0) is 16.5. The van der Waals surface area contributed by atoms with Gasteiger partial charge in [0.05, 0.1) is 24.2 Å². The summed E-state index contributed by atoms with van der Waals surface area (Å²) in [6.07, 6.45) is 0. The van der Waals surface area contributed by atoms with E-state index < -0.39 is 17.8 Å². The van der Waals surface area contributed by atoms with Crippen LogP contribution in [0.4, 0.5) is 0 Å². The van der Waals surface area contributed by atoms with Gasteiger partial charge in [0.15, 0.2) is 5.11 Å². The summed E-state index contributed by atoms with van der Waals surface area (Å²) in [4.78, 5) is 34.1. The van der Waals surface area contributed by atoms with Crippen LogP contribution < -0.4 is 16.0 Å². The van der Waals surface area contributed by atoms with E-state index in [4.69, 9.17) is 23.8 Å². The molecule has 0 aromatic heterocycles. The first kappa shape index (κ1) is 17.9. The number of carbonyl (C=O) groups excluding carboxylic acids is 3. The maximum atomic E-state index is 11.9. The fraction of sp³-hybridized carbons (Fsp3) is 0.231. The van der Waals surface area contributed by atoms with E-state index in [1.54, 1.807) is 24.3 Å². The van der Waals surface area contributed by atoms with E-state index in [-0.39, 0.29) is 23.8 Å². The van der Waals surface area contributed by atoms with Crippen molar-refractivity contribution in [3.05, 3.63) is 34.9 Å². The van der Waals surface area contributed by atoms with Gasteiger partial charge in [-0.1, -0.05) is 23.7 Å². The van der Waals surface area contributed by atoms with E-state index in [9.17, 15) is 14.4 Å². The van der Waals surface area contributed by atoms with Crippen LogP contribution in [0.2, 0.25) is 5.02 Å². The van der Waals surface area contributed by atoms with Crippen LogP contribution in [-0.4, -0.2) is 43.1 Å². The molecule has 0 aliphatic rings. The van der Waals surface area contributed by atoms with Gasteiger partial charge in [-0.15, -0.1) is 0 Å². The molecule has 9 heteroatoms. The summed E-state index contributed by atoms with van der Waals surface area (Å²) < 4.78 is 4.37. The molecule has 0 unspecified atom stereocenters. The lowest BCUT2D eigenvalue weighted by Crippen LogP contribution is -2.44. The molecule has 0 spiro atoms. The number of nitrogens with one attached hydrogen (secondary N) is 3. The standard InChI is InChI=1S/C13H14ClN3O4S/c1-21-11(19)7-15-10(18)6-16-13(22)17-12(20)8-4-2-3-5-9(8)14/h2-5H,6-7H2,1H3,(H,15,18)(H2,16,17,20,22). The third-order valence-electron chi connectivity index (χ3n) is 2.41. The highest BCUT2D eigenvalue weighted by Crippen LogP contribution is 2.14. The van der Waals surface area contributed by atoms with E-state index in [2.05, 4.69) is 20.7 Å². The summed E-state index contributed by atoms with van der Waals surface area (Å²) in [5.41, 5.74) is 0.267. The maximum Gasteiger partial charge on any atom is 0.325 e. The summed E-state index contributed by atoms with van der Waals surface area (Å²) in [5.74, 6) is -1.53. The number of ether oxygens (including phenoxy) is 1. The molecule has 0 bridgehead atoms. The van der Waals surface area contributed by atoms with Gasteiger partial charge in [-0.25, -0.2) is 0 Å². The average Bonchev–Trinajstić information content (AvgIpc) is 2.50. The highest BCUT2D eigenvalue weighted by atomic mass is 35.5. The van der Waals surface area contributed by atoms with Gasteiger partial charge in [-0.05, 0) is 24.4 Å². The monoisotopic (exact) mass is 343 g/mol. The number of benzene rings is 1. The van der Waals surface area contributed by atoms with Crippen molar-refractivity contribution < 1.29 is 19.1 Å². The molecule has 1 aromatic carbocycles. The van der Waals surface area contributed by atoms with Crippen LogP contribution in [0.25, 0.3) is 0 Å². The first-order valence-electron chi connectivity index (χ1n) is 6.11. The van der Waals surface area contributed by atoms with Gasteiger partial charge in [0.2, 0.25) is 5.91 Å². The Morgan fingerprint density at radius 2 is 1.86 bits per heavy atom. The van der Waals surface area contributed by atoms with E-state index in [0.29, 0.717) is 5.02 Å². The van der Waals surface area contributed by atoms with Crippen LogP contribution in [0.1, 0.15) is 10.4 Å². The predicted molar refractivity (Wildman–Crippen MR) is 84.5 cm³/mol. The Balaban J connectivity index is 2.37. The number of halogens is 1. The number of methoxy groups -OCH3 is 1. The van der Waals surface area contributed by atoms with Gasteiger partial charge in [-0.3, -0.25) is 19.7 Å². The summed E-state index contributed by atoms with van der Waals surface area (Å²) in [5, 5.41) is 7.50. The van der Waals surface area contributed by atoms with Gasteiger partial charge in [0.1, 0.15) is 6.54 Å². The minimum atomic E-state index is -0.567. The van der Waals surface area contributed by atoms with Crippen molar-refractivity contribution in [3.8, 4) is 0 Å². The highest BCUT2D eigenvalue weighted by molar-refractivity contribution is 7.80. The zero-order valence-electron chi connectivity index (χ0n) is 11.6. The van der Waals surface area contributed by atoms with Crippen LogP contribution in [0.3, 0.4) is 0 Å². The number of esters is 1. The minimum Gasteiger partial charge on any atom is -0.468 e. The second-order valence-corrected chi connectivity index (χ2v) is 4.78. The average molecular weight is 344 g/mol. The molecule has 0 radical (unpaired) electrons. The highest BCUT2D eigenvalue weighted by Gasteiger charge is 2.12. The predicted octanol–water partition coefficient (Wildman–Crippen LogP) is 0.234. The minimum absolute atomic E-state index is 0.0295. The second-order valence-electron chi connectivity index (χ2n) is 3.97. The van der Waals surface area contributed by atoms with Gasteiger partial charge in [0, 0.05) is 0 Å². The molecule has 2 amide bonds. The molecule has 22 heavy (non-hydrogen) atoms. The SMILES string of the molecule is COC(=O)CNC(=O)CNC(=S)NC(=O)c1ccccc1Cl. The Hall–Kier alpha value is -2.19. The Labute approximate surface area is 137 Å². The van der Waals surface area contributed by atoms with Crippen molar-refractivity contribution in [2.24, 2.45) is 0 Å². The third-order valence-corrected chi connectivity index (χ3v) is 2.99. The molecule has 1 rings (SSSR count). The lowest BCUT2D eigenvalue weighted by atomic mass is 10.2. The van der Waals surface area contributed by atoms with E-state index in [1.165, 1.54) is 7.11 Å². The number of carbonyl (C=O) groups is 3. The molecule has 0 aliphatic carbocycles. The van der Waals surface area contributed by atoms with Crippen LogP contribution in [-0.2, 0) is 14.3 Å². The molecule has 0 aliphatic heterocycles. The lowest BCUT2D eigenvalue weighted by molar-refractivity contribution is -0.141. The van der Waals surface area contributed by atoms with E-state index in [0.717, 1.165) is 0 Å². The molecule has 0 heterocycles. The second kappa shape index (κ2) is 8.96. The Bertz CT molecular complexity index is 594. The van der Waals surface area contributed by atoms with Crippen molar-refractivity contribution in [2.45, 2.75) is 0 Å². The number of hydrogen-bond donors (Lipinski definition) is 3. The van der Waals surface area contributed by atoms with Crippen LogP contribution in [0.15, 0.2) is 24.3 Å². The van der Waals surface area contributed by atoms with Crippen LogP contribution in [0, 0.1) is 0 Å². The van der Waals surface area contributed by atoms with Crippen molar-refractivity contribution in [3.63, 3.8) is 0 Å². The Morgan fingerprint density at radius 3 is 2.50 bits per heavy atom. The van der Waals surface area contributed by atoms with E-state index >= 15 is 0 Å². The molecule has 0 fully saturated rings. The summed E-state index contributed by atoms with van der Waals surface area (Å²) in [7, 11) is 1.21. The van der Waals surface area contributed by atoms with Gasteiger partial charge in [-0.2, -0.15) is 0 Å². The topological polar surface area (TPSA) is 96.5 Å². The molecular formula is C13H14ClN3O4S. The first-order chi connectivity index (χ1) is 10.4. The third kappa shape index (κ3) is 6.06. The number of amides is 2. The van der Waals surface area contributed by atoms with Gasteiger partial charge < -0.3 is 15.4 Å². The number of hydrogen-bond acceptors (Lipinski definition) is 5. The summed E-state index contributed by atoms with van der Waals surface area (Å²) in [6.45, 7) is -0.436. The summed E-state index contributed by atoms with van der Waals surface area (Å²) in [6, 6.07) is 6.48. The van der Waals surface area contributed by atoms with Crippen molar-refractivity contribution in [1.29, 1.82) is 0 Å². The largest absolute Gasteiger partial charge is 0.468 e. The number of rotatable bonds is 5. The molecular weight excluding hydrogens is 330 g/mol. The fourth-order valence-electron chi connectivity index (χ4n) is 1.33. The lowest BCUT2D eigenvalue weighted by Gasteiger charge is -2.10. The molecule has 118 valence electrons. The van der Waals surface area contributed by atoms with Gasteiger partial charge in [0.25, 0.3) is 5.91 Å². The Morgan fingerprint density at radius 1 is 1.18 bits per heavy atom. The van der Waals surface area contributed by atoms with Crippen LogP contribution in [0.5, 0.6) is 0 Å². The first-order valence-corrected chi connectivity index (χ1v) is 6.90. The fourth-order valence-corrected chi connectivity index (χ4v) is 1.71. The molecule has 0 atom stereocenters. The maximum absolute atomic E-state index is 11.9. The summed E-state index contributed by atoms with van der Waals surface area (Å²) >= 11 is 10.8. The molecule has 7 nitrogen and oxygen atoms in total. The van der Waals surface area contributed by atoms with Crippen molar-refractivity contribution in [1.82, 2.24) is 16.0 Å². The van der Waals surface area contributed by atoms with Crippen molar-refractivity contribution in [2.75, 3.05) is 20.2 Å². The smallest absolute Gasteiger partial charge is 0.325 e.